The van der Waals surface area contributed by atoms with E-state index in [9.17, 15) is 9.59 Å². The highest BCUT2D eigenvalue weighted by molar-refractivity contribution is 6.08. The first-order valence-corrected chi connectivity index (χ1v) is 9.46. The van der Waals surface area contributed by atoms with Crippen molar-refractivity contribution in [2.24, 2.45) is 7.05 Å². The summed E-state index contributed by atoms with van der Waals surface area (Å²) in [6.45, 7) is 3.22. The molecule has 0 aliphatic carbocycles. The highest BCUT2D eigenvalue weighted by atomic mass is 16.5. The second-order valence-corrected chi connectivity index (χ2v) is 7.03. The zero-order valence-electron chi connectivity index (χ0n) is 15.6. The summed E-state index contributed by atoms with van der Waals surface area (Å²) >= 11 is 0. The Morgan fingerprint density at radius 1 is 1.37 bits per heavy atom. The van der Waals surface area contributed by atoms with Crippen molar-refractivity contribution in [1.29, 1.82) is 0 Å². The number of fused-ring (bicyclic) bond motifs is 3. The number of carbonyl (C=O) groups excluding carboxylic acids is 1. The summed E-state index contributed by atoms with van der Waals surface area (Å²) in [6, 6.07) is 7.30. The van der Waals surface area contributed by atoms with Crippen LogP contribution in [0.15, 0.2) is 35.3 Å². The van der Waals surface area contributed by atoms with Gasteiger partial charge < -0.3 is 14.6 Å². The van der Waals surface area contributed by atoms with Crippen LogP contribution in [0.4, 0.5) is 0 Å². The molecular formula is C20H24N4O3. The Morgan fingerprint density at radius 3 is 2.93 bits per heavy atom. The lowest BCUT2D eigenvalue weighted by atomic mass is 10.1. The van der Waals surface area contributed by atoms with Gasteiger partial charge in [-0.05, 0) is 25.3 Å². The van der Waals surface area contributed by atoms with Gasteiger partial charge in [-0.1, -0.05) is 25.1 Å². The first-order valence-electron chi connectivity index (χ1n) is 9.46. The number of hydrogen-bond donors (Lipinski definition) is 1. The zero-order chi connectivity index (χ0) is 19.0. The first kappa shape index (κ1) is 17.7. The smallest absolute Gasteiger partial charge is 0.291 e. The van der Waals surface area contributed by atoms with E-state index < -0.39 is 6.04 Å². The predicted molar refractivity (Wildman–Crippen MR) is 104 cm³/mol. The van der Waals surface area contributed by atoms with Gasteiger partial charge in [0.1, 0.15) is 11.6 Å². The Labute approximate surface area is 156 Å². The van der Waals surface area contributed by atoms with Gasteiger partial charge in [-0.2, -0.15) is 5.10 Å². The van der Waals surface area contributed by atoms with E-state index in [1.807, 2.05) is 35.8 Å². The molecule has 7 heteroatoms. The Kier molecular flexibility index (Phi) is 4.70. The molecule has 0 saturated carbocycles. The van der Waals surface area contributed by atoms with Crippen LogP contribution in [-0.4, -0.2) is 39.5 Å². The van der Waals surface area contributed by atoms with E-state index >= 15 is 0 Å². The maximum atomic E-state index is 13.0. The molecule has 142 valence electrons. The number of benzene rings is 1. The molecule has 3 aromatic rings. The van der Waals surface area contributed by atoms with Crippen molar-refractivity contribution < 1.29 is 9.53 Å². The number of aromatic nitrogens is 3. The highest BCUT2D eigenvalue weighted by Gasteiger charge is 2.26. The van der Waals surface area contributed by atoms with Gasteiger partial charge in [0.15, 0.2) is 0 Å². The van der Waals surface area contributed by atoms with Crippen molar-refractivity contribution in [2.45, 2.75) is 38.3 Å². The summed E-state index contributed by atoms with van der Waals surface area (Å²) in [5.41, 5.74) is 1.19. The number of nitrogens with one attached hydrogen (secondary N) is 1. The summed E-state index contributed by atoms with van der Waals surface area (Å²) in [4.78, 5) is 25.9. The molecule has 27 heavy (non-hydrogen) atoms. The largest absolute Gasteiger partial charge is 0.376 e. The van der Waals surface area contributed by atoms with Crippen molar-refractivity contribution >= 4 is 27.7 Å². The molecule has 0 spiro atoms. The molecule has 1 amide bonds. The lowest BCUT2D eigenvalue weighted by Crippen LogP contribution is -2.37. The van der Waals surface area contributed by atoms with E-state index in [0.717, 1.165) is 35.7 Å². The Hall–Kier alpha value is -2.67. The summed E-state index contributed by atoms with van der Waals surface area (Å²) in [6.07, 6.45) is 4.37. The normalized spacial score (nSPS) is 18.2. The number of aryl methyl sites for hydroxylation is 1. The van der Waals surface area contributed by atoms with Crippen LogP contribution < -0.4 is 10.9 Å². The van der Waals surface area contributed by atoms with Crippen molar-refractivity contribution in [3.8, 4) is 0 Å². The van der Waals surface area contributed by atoms with Crippen molar-refractivity contribution in [1.82, 2.24) is 19.7 Å². The summed E-state index contributed by atoms with van der Waals surface area (Å²) in [5, 5.41) is 8.89. The van der Waals surface area contributed by atoms with Crippen LogP contribution in [0, 0.1) is 0 Å². The average molecular weight is 368 g/mol. The van der Waals surface area contributed by atoms with E-state index in [1.165, 1.54) is 4.68 Å². The van der Waals surface area contributed by atoms with Crippen molar-refractivity contribution in [2.75, 3.05) is 13.2 Å². The third-order valence-electron chi connectivity index (χ3n) is 5.34. The minimum absolute atomic E-state index is 0.0849. The van der Waals surface area contributed by atoms with Gasteiger partial charge in [0.05, 0.1) is 17.8 Å². The second kappa shape index (κ2) is 7.15. The summed E-state index contributed by atoms with van der Waals surface area (Å²) < 4.78 is 8.79. The number of ether oxygens (including phenoxy) is 1. The summed E-state index contributed by atoms with van der Waals surface area (Å²) in [7, 11) is 1.63. The fourth-order valence-electron chi connectivity index (χ4n) is 3.93. The molecule has 1 N–H and O–H groups in total. The Bertz CT molecular complexity index is 1050. The molecule has 1 aliphatic rings. The minimum Gasteiger partial charge on any atom is -0.376 e. The number of carbonyl (C=O) groups is 1. The van der Waals surface area contributed by atoms with Crippen LogP contribution in [0.2, 0.25) is 0 Å². The quantitative estimate of drug-likeness (QED) is 0.748. The fourth-order valence-corrected chi connectivity index (χ4v) is 3.93. The highest BCUT2D eigenvalue weighted by Crippen LogP contribution is 2.30. The topological polar surface area (TPSA) is 78.2 Å². The Balaban J connectivity index is 1.80. The lowest BCUT2D eigenvalue weighted by molar-refractivity contribution is -0.124. The molecule has 1 fully saturated rings. The van der Waals surface area contributed by atoms with Crippen LogP contribution in [0.3, 0.4) is 0 Å². The van der Waals surface area contributed by atoms with Gasteiger partial charge >= 0.3 is 0 Å². The monoisotopic (exact) mass is 368 g/mol. The van der Waals surface area contributed by atoms with Gasteiger partial charge in [-0.3, -0.25) is 9.59 Å². The standard InChI is InChI=1S/C20H24N4O3/c1-3-16(19(25)21-11-13-7-6-10-27-13)24-17-9-5-4-8-14(17)15-12-22-23(2)20(26)18(15)24/h4-5,8-9,12-13,16H,3,6-7,10-11H2,1-2H3,(H,21,25)/t13-,16-/m0/s1. The summed E-state index contributed by atoms with van der Waals surface area (Å²) in [5.74, 6) is -0.0884. The number of hydrogen-bond acceptors (Lipinski definition) is 4. The van der Waals surface area contributed by atoms with Crippen LogP contribution >= 0.6 is 0 Å². The van der Waals surface area contributed by atoms with Gasteiger partial charge in [-0.25, -0.2) is 4.68 Å². The van der Waals surface area contributed by atoms with Crippen molar-refractivity contribution in [3.05, 3.63) is 40.8 Å². The minimum atomic E-state index is -0.469. The zero-order valence-corrected chi connectivity index (χ0v) is 15.6. The van der Waals surface area contributed by atoms with Gasteiger partial charge in [0.2, 0.25) is 5.91 Å². The van der Waals surface area contributed by atoms with Gasteiger partial charge in [-0.15, -0.1) is 0 Å². The van der Waals surface area contributed by atoms with E-state index in [0.29, 0.717) is 18.5 Å². The molecule has 0 bridgehead atoms. The number of nitrogens with zero attached hydrogens (tertiary/aromatic N) is 3. The SMILES string of the molecule is CC[C@@H](C(=O)NC[C@@H]1CCCO1)n1c2ccccc2c2cnn(C)c(=O)c21. The van der Waals surface area contributed by atoms with Crippen LogP contribution in [0.5, 0.6) is 0 Å². The molecule has 1 aromatic carbocycles. The van der Waals surface area contributed by atoms with E-state index in [4.69, 9.17) is 4.74 Å². The third-order valence-corrected chi connectivity index (χ3v) is 5.34. The lowest BCUT2D eigenvalue weighted by Gasteiger charge is -2.20. The third kappa shape index (κ3) is 3.02. The second-order valence-electron chi connectivity index (χ2n) is 7.03. The molecule has 1 saturated heterocycles. The number of rotatable bonds is 5. The molecule has 0 unspecified atom stereocenters. The molecule has 4 rings (SSSR count). The van der Waals surface area contributed by atoms with Crippen LogP contribution in [-0.2, 0) is 16.6 Å². The fraction of sp³-hybridized carbons (Fsp3) is 0.450. The Morgan fingerprint density at radius 2 is 2.19 bits per heavy atom. The molecule has 2 atom stereocenters. The van der Waals surface area contributed by atoms with Gasteiger partial charge in [0, 0.05) is 31.0 Å². The van der Waals surface area contributed by atoms with E-state index in [2.05, 4.69) is 10.4 Å². The molecule has 2 aromatic heterocycles. The predicted octanol–water partition coefficient (Wildman–Crippen LogP) is 2.13. The first-order chi connectivity index (χ1) is 13.1. The molecule has 7 nitrogen and oxygen atoms in total. The maximum Gasteiger partial charge on any atom is 0.291 e. The average Bonchev–Trinajstić information content (AvgIpc) is 3.31. The van der Waals surface area contributed by atoms with Gasteiger partial charge in [0.25, 0.3) is 5.56 Å². The molecule has 1 aliphatic heterocycles. The maximum absolute atomic E-state index is 13.0. The van der Waals surface area contributed by atoms with E-state index in [-0.39, 0.29) is 17.6 Å². The van der Waals surface area contributed by atoms with Crippen LogP contribution in [0.1, 0.15) is 32.2 Å². The van der Waals surface area contributed by atoms with Crippen molar-refractivity contribution in [3.63, 3.8) is 0 Å². The molecule has 0 radical (unpaired) electrons. The van der Waals surface area contributed by atoms with E-state index in [1.54, 1.807) is 13.2 Å². The molecule has 3 heterocycles. The van der Waals surface area contributed by atoms with Crippen LogP contribution in [0.25, 0.3) is 21.8 Å². The molecular weight excluding hydrogens is 344 g/mol. The number of para-hydroxylation sites is 1. The number of amides is 1.